The van der Waals surface area contributed by atoms with Crippen LogP contribution in [0.3, 0.4) is 0 Å². The van der Waals surface area contributed by atoms with Crippen molar-refractivity contribution in [3.8, 4) is 11.5 Å². The fourth-order valence-corrected chi connectivity index (χ4v) is 3.52. The molecule has 0 radical (unpaired) electrons. The van der Waals surface area contributed by atoms with Crippen molar-refractivity contribution in [1.29, 1.82) is 0 Å². The molecule has 0 saturated heterocycles. The third kappa shape index (κ3) is 5.21. The van der Waals surface area contributed by atoms with Crippen LogP contribution in [0.1, 0.15) is 12.0 Å². The average Bonchev–Trinajstić information content (AvgIpc) is 3.25. The summed E-state index contributed by atoms with van der Waals surface area (Å²) in [6, 6.07) is 14.4. The van der Waals surface area contributed by atoms with Gasteiger partial charge in [0.1, 0.15) is 17.3 Å². The highest BCUT2D eigenvalue weighted by Gasteiger charge is 2.31. The molecule has 0 bridgehead atoms. The van der Waals surface area contributed by atoms with Gasteiger partial charge >= 0.3 is 0 Å². The molecule has 168 valence electrons. The van der Waals surface area contributed by atoms with Crippen LogP contribution in [0.4, 0.5) is 15.8 Å². The van der Waals surface area contributed by atoms with Crippen molar-refractivity contribution in [2.75, 3.05) is 5.32 Å². The predicted molar refractivity (Wildman–Crippen MR) is 121 cm³/mol. The Hall–Kier alpha value is -3.69. The third-order valence-corrected chi connectivity index (χ3v) is 5.20. The number of carbonyl (C=O) groups excluding carboxylic acids is 1. The molecule has 0 saturated carbocycles. The topological polar surface area (TPSA) is 103 Å². The van der Waals surface area contributed by atoms with E-state index in [1.54, 1.807) is 24.3 Å². The second-order valence-corrected chi connectivity index (χ2v) is 7.79. The number of nitrogens with one attached hydrogen (secondary N) is 1. The van der Waals surface area contributed by atoms with Crippen molar-refractivity contribution in [2.45, 2.75) is 12.5 Å². The Kier molecular flexibility index (Phi) is 6.43. The van der Waals surface area contributed by atoms with E-state index in [-0.39, 0.29) is 39.8 Å². The lowest BCUT2D eigenvalue weighted by Gasteiger charge is -2.12. The number of rotatable bonds is 6. The van der Waals surface area contributed by atoms with E-state index in [1.165, 1.54) is 36.4 Å². The van der Waals surface area contributed by atoms with Crippen LogP contribution < -0.4 is 10.1 Å². The molecule has 1 atom stereocenters. The molecule has 0 spiro atoms. The van der Waals surface area contributed by atoms with Gasteiger partial charge in [0.25, 0.3) is 11.6 Å². The summed E-state index contributed by atoms with van der Waals surface area (Å²) in [6.45, 7) is 0. The minimum absolute atomic E-state index is 0.0322. The zero-order chi connectivity index (χ0) is 23.5. The van der Waals surface area contributed by atoms with E-state index in [2.05, 4.69) is 10.5 Å². The molecular formula is C22H14Cl2FN3O5. The minimum atomic E-state index is -1.07. The van der Waals surface area contributed by atoms with Gasteiger partial charge in [-0.1, -0.05) is 34.4 Å². The number of oxime groups is 1. The summed E-state index contributed by atoms with van der Waals surface area (Å²) in [5.74, 6) is -0.687. The van der Waals surface area contributed by atoms with Crippen LogP contribution in [0.15, 0.2) is 65.8 Å². The number of benzene rings is 3. The van der Waals surface area contributed by atoms with Crippen molar-refractivity contribution in [3.05, 3.63) is 92.2 Å². The Morgan fingerprint density at radius 2 is 1.91 bits per heavy atom. The molecule has 0 aliphatic carbocycles. The molecule has 0 fully saturated rings. The third-order valence-electron chi connectivity index (χ3n) is 4.63. The van der Waals surface area contributed by atoms with Gasteiger partial charge in [-0.25, -0.2) is 4.39 Å². The number of nitro groups is 1. The maximum Gasteiger partial charge on any atom is 0.275 e. The lowest BCUT2D eigenvalue weighted by molar-refractivity contribution is -0.384. The van der Waals surface area contributed by atoms with Crippen molar-refractivity contribution >= 4 is 46.2 Å². The number of hydrogen-bond donors (Lipinski definition) is 1. The number of nitro benzene ring substituents is 1. The molecule has 0 aromatic heterocycles. The van der Waals surface area contributed by atoms with E-state index in [0.717, 1.165) is 0 Å². The van der Waals surface area contributed by atoms with E-state index in [9.17, 15) is 19.3 Å². The molecule has 1 unspecified atom stereocenters. The molecule has 4 rings (SSSR count). The van der Waals surface area contributed by atoms with Gasteiger partial charge in [0.05, 0.1) is 33.0 Å². The fraction of sp³-hybridized carbons (Fsp3) is 0.0909. The Balaban J connectivity index is 1.50. The van der Waals surface area contributed by atoms with Gasteiger partial charge in [0.2, 0.25) is 6.10 Å². The summed E-state index contributed by atoms with van der Waals surface area (Å²) < 4.78 is 19.8. The first-order valence-electron chi connectivity index (χ1n) is 9.51. The zero-order valence-corrected chi connectivity index (χ0v) is 18.1. The largest absolute Gasteiger partial charge is 0.457 e. The Bertz CT molecular complexity index is 1250. The molecule has 33 heavy (non-hydrogen) atoms. The van der Waals surface area contributed by atoms with Crippen LogP contribution in [0, 0.1) is 15.9 Å². The van der Waals surface area contributed by atoms with Crippen LogP contribution in [0.2, 0.25) is 10.0 Å². The van der Waals surface area contributed by atoms with Crippen LogP contribution in [-0.4, -0.2) is 22.6 Å². The summed E-state index contributed by atoms with van der Waals surface area (Å²) in [6.07, 6.45) is -1.11. The van der Waals surface area contributed by atoms with E-state index in [4.69, 9.17) is 32.8 Å². The molecule has 11 heteroatoms. The molecule has 8 nitrogen and oxygen atoms in total. The first-order valence-corrected chi connectivity index (χ1v) is 10.3. The Morgan fingerprint density at radius 3 is 2.61 bits per heavy atom. The monoisotopic (exact) mass is 489 g/mol. The molecule has 3 aromatic rings. The maximum atomic E-state index is 14.1. The molecule has 1 heterocycles. The number of carbonyl (C=O) groups is 1. The van der Waals surface area contributed by atoms with E-state index in [0.29, 0.717) is 10.8 Å². The Morgan fingerprint density at radius 1 is 1.15 bits per heavy atom. The van der Waals surface area contributed by atoms with E-state index < -0.39 is 22.8 Å². The Labute approximate surface area is 196 Å². The first kappa shape index (κ1) is 22.5. The van der Waals surface area contributed by atoms with E-state index >= 15 is 0 Å². The second kappa shape index (κ2) is 9.43. The highest BCUT2D eigenvalue weighted by molar-refractivity contribution is 6.34. The summed E-state index contributed by atoms with van der Waals surface area (Å²) in [4.78, 5) is 28.6. The molecule has 3 aromatic carbocycles. The maximum absolute atomic E-state index is 14.1. The van der Waals surface area contributed by atoms with Crippen molar-refractivity contribution in [1.82, 2.24) is 0 Å². The smallest absolute Gasteiger partial charge is 0.275 e. The summed E-state index contributed by atoms with van der Waals surface area (Å²) in [7, 11) is 0. The highest BCUT2D eigenvalue weighted by atomic mass is 35.5. The van der Waals surface area contributed by atoms with Gasteiger partial charge in [0, 0.05) is 23.6 Å². The van der Waals surface area contributed by atoms with Crippen LogP contribution in [0.5, 0.6) is 11.5 Å². The van der Waals surface area contributed by atoms with Gasteiger partial charge < -0.3 is 14.9 Å². The molecule has 1 aliphatic heterocycles. The second-order valence-electron chi connectivity index (χ2n) is 6.95. The summed E-state index contributed by atoms with van der Waals surface area (Å²) in [5, 5.41) is 18.3. The van der Waals surface area contributed by atoms with Crippen LogP contribution in [0.25, 0.3) is 0 Å². The van der Waals surface area contributed by atoms with Gasteiger partial charge in [-0.2, -0.15) is 0 Å². The summed E-state index contributed by atoms with van der Waals surface area (Å²) in [5.41, 5.74) is 0.0610. The van der Waals surface area contributed by atoms with Crippen LogP contribution >= 0.6 is 23.2 Å². The molecule has 1 amide bonds. The van der Waals surface area contributed by atoms with Gasteiger partial charge in [-0.15, -0.1) is 0 Å². The standard InChI is InChI=1S/C22H14Cl2FN3O5/c23-12-4-6-15(7-5-12)32-16-9-13(8-14(10-16)28(30)31)26-22(29)20-11-19(27-33-20)21-17(24)2-1-3-18(21)25/h1-10,20H,11H2,(H,26,29). The lowest BCUT2D eigenvalue weighted by Crippen LogP contribution is -2.28. The van der Waals surface area contributed by atoms with Gasteiger partial charge in [-0.05, 0) is 36.4 Å². The molecule has 1 aliphatic rings. The molecular weight excluding hydrogens is 476 g/mol. The fourth-order valence-electron chi connectivity index (χ4n) is 3.12. The van der Waals surface area contributed by atoms with Gasteiger partial charge in [0.15, 0.2) is 0 Å². The summed E-state index contributed by atoms with van der Waals surface area (Å²) >= 11 is 11.9. The first-order chi connectivity index (χ1) is 15.8. The number of hydrogen-bond acceptors (Lipinski definition) is 6. The van der Waals surface area contributed by atoms with Crippen molar-refractivity contribution in [2.24, 2.45) is 5.16 Å². The number of anilines is 1. The number of non-ortho nitro benzene ring substituents is 1. The highest BCUT2D eigenvalue weighted by Crippen LogP contribution is 2.31. The predicted octanol–water partition coefficient (Wildman–Crippen LogP) is 5.96. The quantitative estimate of drug-likeness (QED) is 0.339. The number of nitrogens with zero attached hydrogens (tertiary/aromatic N) is 2. The lowest BCUT2D eigenvalue weighted by atomic mass is 10.0. The minimum Gasteiger partial charge on any atom is -0.457 e. The molecule has 1 N–H and O–H groups in total. The van der Waals surface area contributed by atoms with Crippen molar-refractivity contribution in [3.63, 3.8) is 0 Å². The normalized spacial score (nSPS) is 14.9. The zero-order valence-electron chi connectivity index (χ0n) is 16.6. The average molecular weight is 490 g/mol. The number of amides is 1. The van der Waals surface area contributed by atoms with Crippen LogP contribution in [-0.2, 0) is 9.63 Å². The number of halogens is 3. The van der Waals surface area contributed by atoms with Gasteiger partial charge in [-0.3, -0.25) is 14.9 Å². The number of ether oxygens (including phenoxy) is 1. The van der Waals surface area contributed by atoms with Crippen molar-refractivity contribution < 1.29 is 23.7 Å². The SMILES string of the molecule is O=C(Nc1cc(Oc2ccc(Cl)cc2)cc([N+](=O)[O-])c1)C1CC(c2c(F)cccc2Cl)=NO1. The van der Waals surface area contributed by atoms with E-state index in [1.807, 2.05) is 0 Å².